The maximum atomic E-state index is 12.9. The number of nitrogens with zero attached hydrogens (tertiary/aromatic N) is 1. The highest BCUT2D eigenvalue weighted by Crippen LogP contribution is 2.34. The van der Waals surface area contributed by atoms with Gasteiger partial charge in [0.2, 0.25) is 11.8 Å². The van der Waals surface area contributed by atoms with E-state index in [0.717, 1.165) is 22.5 Å². The third-order valence-corrected chi connectivity index (χ3v) is 6.54. The Bertz CT molecular complexity index is 1060. The summed E-state index contributed by atoms with van der Waals surface area (Å²) >= 11 is 1.00. The Morgan fingerprint density at radius 2 is 1.91 bits per heavy atom. The molecule has 1 aliphatic rings. The summed E-state index contributed by atoms with van der Waals surface area (Å²) in [5.74, 6) is -1.91. The van der Waals surface area contributed by atoms with Crippen molar-refractivity contribution in [2.75, 3.05) is 25.5 Å². The van der Waals surface area contributed by atoms with Crippen LogP contribution in [0.5, 0.6) is 0 Å². The molecule has 0 unspecified atom stereocenters. The van der Waals surface area contributed by atoms with Gasteiger partial charge < -0.3 is 21.1 Å². The number of rotatable bonds is 7. The molecule has 9 nitrogen and oxygen atoms in total. The average molecular weight is 459 g/mol. The molecule has 2 heterocycles. The standard InChI is InChI=1S/C22H26N4O5S/c1-4-31-22(30)17-12(2)18(20(29)24-3)32-21(17)25-16(27)11-26-10-14-8-6-5-7-13(14)9-15(26)19(23)28/h5-8,15H,4,9-11H2,1-3H3,(H2,23,28)(H,24,29)(H,25,27)/t15-/m0/s1. The van der Waals surface area contributed by atoms with E-state index in [2.05, 4.69) is 10.6 Å². The molecule has 1 atom stereocenters. The fraction of sp³-hybridized carbons (Fsp3) is 0.364. The number of carbonyl (C=O) groups is 4. The summed E-state index contributed by atoms with van der Waals surface area (Å²) in [5.41, 5.74) is 8.24. The average Bonchev–Trinajstić information content (AvgIpc) is 3.08. The molecule has 0 aliphatic carbocycles. The molecule has 1 aromatic carbocycles. The number of anilines is 1. The zero-order valence-electron chi connectivity index (χ0n) is 18.2. The van der Waals surface area contributed by atoms with Crippen molar-refractivity contribution < 1.29 is 23.9 Å². The molecule has 0 fully saturated rings. The number of hydrogen-bond donors (Lipinski definition) is 3. The molecule has 3 amide bonds. The first-order chi connectivity index (χ1) is 15.3. The van der Waals surface area contributed by atoms with E-state index in [9.17, 15) is 19.2 Å². The van der Waals surface area contributed by atoms with Gasteiger partial charge in [-0.05, 0) is 37.0 Å². The first-order valence-electron chi connectivity index (χ1n) is 10.2. The number of nitrogens with two attached hydrogens (primary N) is 1. The fourth-order valence-corrected chi connectivity index (χ4v) is 4.91. The van der Waals surface area contributed by atoms with Crippen LogP contribution in [-0.4, -0.2) is 54.8 Å². The molecule has 32 heavy (non-hydrogen) atoms. The van der Waals surface area contributed by atoms with Gasteiger partial charge in [-0.2, -0.15) is 0 Å². The lowest BCUT2D eigenvalue weighted by molar-refractivity contribution is -0.125. The number of thiophene rings is 1. The van der Waals surface area contributed by atoms with Gasteiger partial charge in [0.05, 0.1) is 29.6 Å². The summed E-state index contributed by atoms with van der Waals surface area (Å²) in [5, 5.41) is 5.49. The predicted octanol–water partition coefficient (Wildman–Crippen LogP) is 1.44. The number of fused-ring (bicyclic) bond motifs is 1. The van der Waals surface area contributed by atoms with Crippen molar-refractivity contribution in [3.63, 3.8) is 0 Å². The Labute approximate surface area is 189 Å². The molecule has 3 rings (SSSR count). The van der Waals surface area contributed by atoms with Gasteiger partial charge in [0.1, 0.15) is 5.00 Å². The second-order valence-corrected chi connectivity index (χ2v) is 8.42. The minimum absolute atomic E-state index is 0.101. The van der Waals surface area contributed by atoms with E-state index in [4.69, 9.17) is 10.5 Å². The fourth-order valence-electron chi connectivity index (χ4n) is 3.76. The summed E-state index contributed by atoms with van der Waals surface area (Å²) in [6, 6.07) is 7.09. The molecule has 2 aromatic rings. The van der Waals surface area contributed by atoms with Crippen molar-refractivity contribution in [3.8, 4) is 0 Å². The lowest BCUT2D eigenvalue weighted by Gasteiger charge is -2.34. The molecular formula is C22H26N4O5S. The molecule has 10 heteroatoms. The van der Waals surface area contributed by atoms with Crippen molar-refractivity contribution in [2.24, 2.45) is 5.73 Å². The Morgan fingerprint density at radius 3 is 2.53 bits per heavy atom. The first kappa shape index (κ1) is 23.4. The quantitative estimate of drug-likeness (QED) is 0.538. The van der Waals surface area contributed by atoms with Gasteiger partial charge in [-0.1, -0.05) is 24.3 Å². The van der Waals surface area contributed by atoms with Crippen LogP contribution in [0.3, 0.4) is 0 Å². The van der Waals surface area contributed by atoms with Crippen LogP contribution in [0.25, 0.3) is 0 Å². The predicted molar refractivity (Wildman–Crippen MR) is 121 cm³/mol. The topological polar surface area (TPSA) is 131 Å². The summed E-state index contributed by atoms with van der Waals surface area (Å²) in [6.07, 6.45) is 0.422. The lowest BCUT2D eigenvalue weighted by atomic mass is 9.93. The first-order valence-corrected chi connectivity index (χ1v) is 11.0. The van der Waals surface area contributed by atoms with Crippen molar-refractivity contribution in [1.29, 1.82) is 0 Å². The number of esters is 1. The number of carbonyl (C=O) groups excluding carboxylic acids is 4. The number of hydrogen-bond acceptors (Lipinski definition) is 7. The monoisotopic (exact) mass is 458 g/mol. The van der Waals surface area contributed by atoms with Crippen molar-refractivity contribution in [1.82, 2.24) is 10.2 Å². The van der Waals surface area contributed by atoms with E-state index in [1.54, 1.807) is 18.7 Å². The maximum Gasteiger partial charge on any atom is 0.341 e. The SMILES string of the molecule is CCOC(=O)c1c(NC(=O)CN2Cc3ccccc3C[C@H]2C(N)=O)sc(C(=O)NC)c1C. The Kier molecular flexibility index (Phi) is 7.26. The van der Waals surface area contributed by atoms with E-state index in [1.807, 2.05) is 24.3 Å². The highest BCUT2D eigenvalue weighted by Gasteiger charge is 2.32. The zero-order valence-corrected chi connectivity index (χ0v) is 19.0. The molecule has 1 aromatic heterocycles. The third-order valence-electron chi connectivity index (χ3n) is 5.33. The summed E-state index contributed by atoms with van der Waals surface area (Å²) in [4.78, 5) is 51.6. The van der Waals surface area contributed by atoms with Crippen LogP contribution in [-0.2, 0) is 27.3 Å². The molecule has 0 saturated carbocycles. The number of ether oxygens (including phenoxy) is 1. The number of amides is 3. The Hall–Kier alpha value is -3.24. The van der Waals surface area contributed by atoms with Gasteiger partial charge in [-0.25, -0.2) is 4.79 Å². The minimum Gasteiger partial charge on any atom is -0.462 e. The molecule has 0 spiro atoms. The van der Waals surface area contributed by atoms with Crippen molar-refractivity contribution in [2.45, 2.75) is 32.9 Å². The molecule has 0 radical (unpaired) electrons. The minimum atomic E-state index is -0.619. The highest BCUT2D eigenvalue weighted by atomic mass is 32.1. The summed E-state index contributed by atoms with van der Waals surface area (Å²) in [7, 11) is 1.49. The number of benzene rings is 1. The van der Waals surface area contributed by atoms with Crippen LogP contribution in [0.1, 0.15) is 43.6 Å². The second-order valence-electron chi connectivity index (χ2n) is 7.40. The van der Waals surface area contributed by atoms with Gasteiger partial charge in [0, 0.05) is 13.6 Å². The number of nitrogens with one attached hydrogen (secondary N) is 2. The van der Waals surface area contributed by atoms with E-state index in [0.29, 0.717) is 23.4 Å². The Balaban J connectivity index is 1.84. The molecule has 0 bridgehead atoms. The number of primary amides is 1. The van der Waals surface area contributed by atoms with Crippen LogP contribution < -0.4 is 16.4 Å². The maximum absolute atomic E-state index is 12.9. The van der Waals surface area contributed by atoms with Crippen LogP contribution in [0.2, 0.25) is 0 Å². The molecule has 4 N–H and O–H groups in total. The van der Waals surface area contributed by atoms with E-state index < -0.39 is 23.8 Å². The third kappa shape index (κ3) is 4.81. The lowest BCUT2D eigenvalue weighted by Crippen LogP contribution is -2.50. The van der Waals surface area contributed by atoms with Crippen molar-refractivity contribution >= 4 is 40.0 Å². The van der Waals surface area contributed by atoms with Crippen LogP contribution in [0.4, 0.5) is 5.00 Å². The second kappa shape index (κ2) is 9.92. The van der Waals surface area contributed by atoms with Gasteiger partial charge >= 0.3 is 5.97 Å². The highest BCUT2D eigenvalue weighted by molar-refractivity contribution is 7.18. The molecule has 0 saturated heterocycles. The van der Waals surface area contributed by atoms with E-state index >= 15 is 0 Å². The van der Waals surface area contributed by atoms with Gasteiger partial charge in [0.15, 0.2) is 0 Å². The van der Waals surface area contributed by atoms with Crippen LogP contribution in [0, 0.1) is 6.92 Å². The Morgan fingerprint density at radius 1 is 1.22 bits per heavy atom. The van der Waals surface area contributed by atoms with E-state index in [1.165, 1.54) is 7.05 Å². The van der Waals surface area contributed by atoms with Crippen LogP contribution in [0.15, 0.2) is 24.3 Å². The molecule has 1 aliphatic heterocycles. The molecular weight excluding hydrogens is 432 g/mol. The smallest absolute Gasteiger partial charge is 0.341 e. The zero-order chi connectivity index (χ0) is 23.4. The van der Waals surface area contributed by atoms with Gasteiger partial charge in [-0.3, -0.25) is 19.3 Å². The van der Waals surface area contributed by atoms with Gasteiger partial charge in [-0.15, -0.1) is 11.3 Å². The van der Waals surface area contributed by atoms with Crippen molar-refractivity contribution in [3.05, 3.63) is 51.4 Å². The van der Waals surface area contributed by atoms with Gasteiger partial charge in [0.25, 0.3) is 5.91 Å². The van der Waals surface area contributed by atoms with Crippen LogP contribution >= 0.6 is 11.3 Å². The normalized spacial score (nSPS) is 15.5. The largest absolute Gasteiger partial charge is 0.462 e. The molecule has 170 valence electrons. The summed E-state index contributed by atoms with van der Waals surface area (Å²) < 4.78 is 5.11. The van der Waals surface area contributed by atoms with E-state index in [-0.39, 0.29) is 29.6 Å². The summed E-state index contributed by atoms with van der Waals surface area (Å²) in [6.45, 7) is 3.76.